The molecule has 0 amide bonds. The van der Waals surface area contributed by atoms with Crippen molar-refractivity contribution in [2.45, 2.75) is 0 Å². The van der Waals surface area contributed by atoms with Gasteiger partial charge in [0.25, 0.3) is 0 Å². The molecule has 0 spiro atoms. The van der Waals surface area contributed by atoms with Gasteiger partial charge in [0.2, 0.25) is 0 Å². The minimum Gasteiger partial charge on any atom is -0.465 e. The van der Waals surface area contributed by atoms with Crippen LogP contribution in [0, 0.1) is 0 Å². The molecule has 0 fully saturated rings. The number of esters is 1. The molecule has 0 N–H and O–H groups in total. The van der Waals surface area contributed by atoms with Crippen LogP contribution in [-0.2, 0) is 4.74 Å². The Morgan fingerprint density at radius 3 is 2.55 bits per heavy atom. The van der Waals surface area contributed by atoms with Crippen LogP contribution in [0.5, 0.6) is 0 Å². The second-order valence-corrected chi connectivity index (χ2v) is 4.84. The normalized spacial score (nSPS) is 11.0. The number of fused-ring (bicyclic) bond motifs is 1. The van der Waals surface area contributed by atoms with E-state index in [1.54, 1.807) is 12.3 Å². The highest BCUT2D eigenvalue weighted by Crippen LogP contribution is 2.25. The molecule has 0 saturated heterocycles. The SMILES string of the molecule is COC(=O)c1ccccc1C=Nc1cccc2ccccc12. The van der Waals surface area contributed by atoms with Gasteiger partial charge in [-0.05, 0) is 17.5 Å². The number of hydrogen-bond donors (Lipinski definition) is 0. The molecule has 3 heteroatoms. The fraction of sp³-hybridized carbons (Fsp3) is 0.0526. The van der Waals surface area contributed by atoms with Gasteiger partial charge in [-0.25, -0.2) is 4.79 Å². The van der Waals surface area contributed by atoms with Crippen molar-refractivity contribution >= 4 is 28.6 Å². The maximum Gasteiger partial charge on any atom is 0.338 e. The fourth-order valence-electron chi connectivity index (χ4n) is 2.37. The molecule has 3 nitrogen and oxygen atoms in total. The molecule has 108 valence electrons. The minimum absolute atomic E-state index is 0.361. The Bertz CT molecular complexity index is 847. The Kier molecular flexibility index (Phi) is 3.97. The van der Waals surface area contributed by atoms with Gasteiger partial charge in [0.15, 0.2) is 0 Å². The third kappa shape index (κ3) is 2.74. The second kappa shape index (κ2) is 6.22. The van der Waals surface area contributed by atoms with Gasteiger partial charge in [0.1, 0.15) is 0 Å². The Labute approximate surface area is 128 Å². The number of rotatable bonds is 3. The number of nitrogens with zero attached hydrogens (tertiary/aromatic N) is 1. The first-order valence-electron chi connectivity index (χ1n) is 6.99. The largest absolute Gasteiger partial charge is 0.465 e. The first-order chi connectivity index (χ1) is 10.8. The number of carbonyl (C=O) groups excluding carboxylic acids is 1. The van der Waals surface area contributed by atoms with Crippen LogP contribution in [0.15, 0.2) is 71.7 Å². The highest BCUT2D eigenvalue weighted by atomic mass is 16.5. The molecule has 0 aliphatic heterocycles. The Morgan fingerprint density at radius 1 is 0.955 bits per heavy atom. The average molecular weight is 289 g/mol. The van der Waals surface area contributed by atoms with Crippen molar-refractivity contribution in [1.82, 2.24) is 0 Å². The highest BCUT2D eigenvalue weighted by molar-refractivity contribution is 6.01. The molecular weight excluding hydrogens is 274 g/mol. The van der Waals surface area contributed by atoms with Crippen molar-refractivity contribution in [1.29, 1.82) is 0 Å². The molecule has 0 heterocycles. The number of ether oxygens (including phenoxy) is 1. The van der Waals surface area contributed by atoms with Crippen LogP contribution in [0.25, 0.3) is 10.8 Å². The van der Waals surface area contributed by atoms with E-state index in [0.29, 0.717) is 5.56 Å². The molecule has 22 heavy (non-hydrogen) atoms. The minimum atomic E-state index is -0.361. The average Bonchev–Trinajstić information content (AvgIpc) is 2.59. The van der Waals surface area contributed by atoms with Crippen molar-refractivity contribution in [3.05, 3.63) is 77.9 Å². The Hall–Kier alpha value is -2.94. The molecule has 0 atom stereocenters. The molecule has 3 aromatic carbocycles. The lowest BCUT2D eigenvalue weighted by atomic mass is 10.1. The molecule has 0 aliphatic carbocycles. The summed E-state index contributed by atoms with van der Waals surface area (Å²) in [6.07, 6.45) is 1.70. The highest BCUT2D eigenvalue weighted by Gasteiger charge is 2.09. The van der Waals surface area contributed by atoms with Crippen LogP contribution in [-0.4, -0.2) is 19.3 Å². The monoisotopic (exact) mass is 289 g/mol. The number of aliphatic imine (C=N–C) groups is 1. The zero-order valence-electron chi connectivity index (χ0n) is 12.2. The van der Waals surface area contributed by atoms with E-state index >= 15 is 0 Å². The van der Waals surface area contributed by atoms with E-state index in [1.165, 1.54) is 7.11 Å². The quantitative estimate of drug-likeness (QED) is 0.530. The lowest BCUT2D eigenvalue weighted by Gasteiger charge is -2.04. The molecular formula is C19H15NO2. The summed E-state index contributed by atoms with van der Waals surface area (Å²) in [5.74, 6) is -0.361. The Morgan fingerprint density at radius 2 is 1.68 bits per heavy atom. The van der Waals surface area contributed by atoms with Gasteiger partial charge < -0.3 is 4.74 Å². The molecule has 0 radical (unpaired) electrons. The van der Waals surface area contributed by atoms with Crippen LogP contribution in [0.4, 0.5) is 5.69 Å². The van der Waals surface area contributed by atoms with Gasteiger partial charge in [0, 0.05) is 17.2 Å². The summed E-state index contributed by atoms with van der Waals surface area (Å²) < 4.78 is 4.80. The summed E-state index contributed by atoms with van der Waals surface area (Å²) in [6, 6.07) is 21.3. The predicted molar refractivity (Wildman–Crippen MR) is 89.0 cm³/mol. The van der Waals surface area contributed by atoms with Gasteiger partial charge in [-0.3, -0.25) is 4.99 Å². The summed E-state index contributed by atoms with van der Waals surface area (Å²) in [5.41, 5.74) is 2.12. The summed E-state index contributed by atoms with van der Waals surface area (Å²) in [5, 5.41) is 2.22. The van der Waals surface area contributed by atoms with E-state index in [1.807, 2.05) is 48.5 Å². The van der Waals surface area contributed by atoms with Gasteiger partial charge >= 0.3 is 5.97 Å². The standard InChI is InChI=1S/C19H15NO2/c1-22-19(21)17-11-5-3-8-15(17)13-20-18-12-6-9-14-7-2-4-10-16(14)18/h2-13H,1H3. The van der Waals surface area contributed by atoms with Crippen molar-refractivity contribution < 1.29 is 9.53 Å². The van der Waals surface area contributed by atoms with Crippen molar-refractivity contribution in [3.8, 4) is 0 Å². The van der Waals surface area contributed by atoms with E-state index in [4.69, 9.17) is 4.74 Å². The molecule has 0 aliphatic rings. The predicted octanol–water partition coefficient (Wildman–Crippen LogP) is 4.38. The first kappa shape index (κ1) is 14.0. The molecule has 0 aromatic heterocycles. The summed E-state index contributed by atoms with van der Waals surface area (Å²) in [7, 11) is 1.38. The van der Waals surface area contributed by atoms with Crippen LogP contribution in [0.3, 0.4) is 0 Å². The van der Waals surface area contributed by atoms with Crippen LogP contribution in [0.2, 0.25) is 0 Å². The molecule has 3 aromatic rings. The van der Waals surface area contributed by atoms with Gasteiger partial charge in [0.05, 0.1) is 18.4 Å². The first-order valence-corrected chi connectivity index (χ1v) is 6.99. The van der Waals surface area contributed by atoms with Gasteiger partial charge in [-0.2, -0.15) is 0 Å². The topological polar surface area (TPSA) is 38.7 Å². The maximum atomic E-state index is 11.8. The van der Waals surface area contributed by atoms with Crippen LogP contribution >= 0.6 is 0 Å². The van der Waals surface area contributed by atoms with E-state index in [0.717, 1.165) is 22.0 Å². The number of hydrogen-bond acceptors (Lipinski definition) is 3. The van der Waals surface area contributed by atoms with Gasteiger partial charge in [-0.15, -0.1) is 0 Å². The Balaban J connectivity index is 2.02. The lowest BCUT2D eigenvalue weighted by Crippen LogP contribution is -2.04. The van der Waals surface area contributed by atoms with Crippen LogP contribution in [0.1, 0.15) is 15.9 Å². The number of carbonyl (C=O) groups is 1. The third-order valence-corrected chi connectivity index (χ3v) is 3.48. The summed E-state index contributed by atoms with van der Waals surface area (Å²) in [4.78, 5) is 16.3. The van der Waals surface area contributed by atoms with Crippen molar-refractivity contribution in [2.75, 3.05) is 7.11 Å². The van der Waals surface area contributed by atoms with Crippen molar-refractivity contribution in [3.63, 3.8) is 0 Å². The summed E-state index contributed by atoms with van der Waals surface area (Å²) >= 11 is 0. The fourth-order valence-corrected chi connectivity index (χ4v) is 2.37. The summed E-state index contributed by atoms with van der Waals surface area (Å²) in [6.45, 7) is 0. The maximum absolute atomic E-state index is 11.8. The number of benzene rings is 3. The zero-order chi connectivity index (χ0) is 15.4. The molecule has 0 unspecified atom stereocenters. The zero-order valence-corrected chi connectivity index (χ0v) is 12.2. The third-order valence-electron chi connectivity index (χ3n) is 3.48. The van der Waals surface area contributed by atoms with Crippen LogP contribution < -0.4 is 0 Å². The van der Waals surface area contributed by atoms with E-state index in [2.05, 4.69) is 17.1 Å². The number of methoxy groups -OCH3 is 1. The van der Waals surface area contributed by atoms with E-state index in [9.17, 15) is 4.79 Å². The van der Waals surface area contributed by atoms with E-state index < -0.39 is 0 Å². The smallest absolute Gasteiger partial charge is 0.338 e. The molecule has 3 rings (SSSR count). The van der Waals surface area contributed by atoms with Gasteiger partial charge in [-0.1, -0.05) is 54.6 Å². The lowest BCUT2D eigenvalue weighted by molar-refractivity contribution is 0.0600. The second-order valence-electron chi connectivity index (χ2n) is 4.84. The van der Waals surface area contributed by atoms with Crippen molar-refractivity contribution in [2.24, 2.45) is 4.99 Å². The molecule has 0 bridgehead atoms. The molecule has 0 saturated carbocycles. The van der Waals surface area contributed by atoms with E-state index in [-0.39, 0.29) is 5.97 Å².